The largest absolute Gasteiger partial charge is 0.385 e. The summed E-state index contributed by atoms with van der Waals surface area (Å²) in [5, 5.41) is 3.35. The molecule has 0 aromatic carbocycles. The summed E-state index contributed by atoms with van der Waals surface area (Å²) < 4.78 is 5.06. The van der Waals surface area contributed by atoms with Crippen LogP contribution in [0.15, 0.2) is 0 Å². The molecule has 0 spiro atoms. The van der Waals surface area contributed by atoms with Crippen molar-refractivity contribution in [2.24, 2.45) is 11.8 Å². The van der Waals surface area contributed by atoms with Gasteiger partial charge in [0.1, 0.15) is 0 Å². The van der Waals surface area contributed by atoms with E-state index in [1.165, 1.54) is 0 Å². The summed E-state index contributed by atoms with van der Waals surface area (Å²) in [6, 6.07) is 0.611. The number of rotatable bonds is 6. The third kappa shape index (κ3) is 4.07. The van der Waals surface area contributed by atoms with E-state index in [2.05, 4.69) is 26.1 Å². The van der Waals surface area contributed by atoms with E-state index in [1.54, 1.807) is 7.11 Å². The summed E-state index contributed by atoms with van der Waals surface area (Å²) in [5.74, 6) is 1.39. The van der Waals surface area contributed by atoms with E-state index >= 15 is 0 Å². The second-order valence-corrected chi connectivity index (χ2v) is 3.82. The molecule has 0 saturated carbocycles. The van der Waals surface area contributed by atoms with E-state index in [9.17, 15) is 0 Å². The molecule has 0 radical (unpaired) electrons. The molecular weight excluding hydrogens is 150 g/mol. The van der Waals surface area contributed by atoms with Crippen LogP contribution < -0.4 is 5.32 Å². The molecule has 12 heavy (non-hydrogen) atoms. The molecule has 0 fully saturated rings. The van der Waals surface area contributed by atoms with Gasteiger partial charge in [0.05, 0.1) is 0 Å². The zero-order valence-corrected chi connectivity index (χ0v) is 9.05. The Kier molecular flexibility index (Phi) is 6.39. The second kappa shape index (κ2) is 6.44. The van der Waals surface area contributed by atoms with Crippen molar-refractivity contribution in [2.75, 3.05) is 20.8 Å². The van der Waals surface area contributed by atoms with Crippen LogP contribution in [0, 0.1) is 11.8 Å². The first-order chi connectivity index (χ1) is 5.63. The summed E-state index contributed by atoms with van der Waals surface area (Å²) in [6.07, 6.45) is 1.14. The Bertz CT molecular complexity index is 104. The Morgan fingerprint density at radius 2 is 1.83 bits per heavy atom. The molecule has 0 aliphatic carbocycles. The molecule has 2 heteroatoms. The van der Waals surface area contributed by atoms with Crippen LogP contribution in [0.4, 0.5) is 0 Å². The fraction of sp³-hybridized carbons (Fsp3) is 1.00. The molecule has 2 unspecified atom stereocenters. The molecule has 0 amide bonds. The minimum Gasteiger partial charge on any atom is -0.385 e. The summed E-state index contributed by atoms with van der Waals surface area (Å²) >= 11 is 0. The van der Waals surface area contributed by atoms with Crippen LogP contribution in [-0.4, -0.2) is 26.8 Å². The highest BCUT2D eigenvalue weighted by Crippen LogP contribution is 2.15. The third-order valence-electron chi connectivity index (χ3n) is 2.44. The molecule has 0 aliphatic rings. The predicted molar refractivity (Wildman–Crippen MR) is 53.3 cm³/mol. The maximum atomic E-state index is 5.06. The van der Waals surface area contributed by atoms with Gasteiger partial charge in [0.2, 0.25) is 0 Å². The average molecular weight is 173 g/mol. The quantitative estimate of drug-likeness (QED) is 0.662. The lowest BCUT2D eigenvalue weighted by Gasteiger charge is -2.26. The number of hydrogen-bond donors (Lipinski definition) is 1. The Morgan fingerprint density at radius 1 is 1.25 bits per heavy atom. The van der Waals surface area contributed by atoms with E-state index in [4.69, 9.17) is 4.74 Å². The van der Waals surface area contributed by atoms with Crippen molar-refractivity contribution in [1.82, 2.24) is 5.32 Å². The number of ether oxygens (including phenoxy) is 1. The first-order valence-electron chi connectivity index (χ1n) is 4.79. The second-order valence-electron chi connectivity index (χ2n) is 3.82. The average Bonchev–Trinajstić information content (AvgIpc) is 2.01. The lowest BCUT2D eigenvalue weighted by atomic mass is 9.90. The molecule has 0 aliphatic heterocycles. The molecule has 0 rings (SSSR count). The lowest BCUT2D eigenvalue weighted by Crippen LogP contribution is -2.37. The molecule has 0 aromatic heterocycles. The number of methoxy groups -OCH3 is 1. The van der Waals surface area contributed by atoms with Crippen LogP contribution in [0.3, 0.4) is 0 Å². The molecule has 0 bridgehead atoms. The summed E-state index contributed by atoms with van der Waals surface area (Å²) in [4.78, 5) is 0. The van der Waals surface area contributed by atoms with Gasteiger partial charge in [-0.1, -0.05) is 20.8 Å². The lowest BCUT2D eigenvalue weighted by molar-refractivity contribution is 0.164. The van der Waals surface area contributed by atoms with Crippen molar-refractivity contribution in [2.45, 2.75) is 33.2 Å². The molecule has 0 saturated heterocycles. The third-order valence-corrected chi connectivity index (χ3v) is 2.44. The van der Waals surface area contributed by atoms with Gasteiger partial charge in [-0.3, -0.25) is 0 Å². The molecule has 2 nitrogen and oxygen atoms in total. The Labute approximate surface area is 76.7 Å². The SMILES string of the molecule is CNC(C(C)C)C(C)CCOC. The van der Waals surface area contributed by atoms with Crippen LogP contribution >= 0.6 is 0 Å². The van der Waals surface area contributed by atoms with E-state index in [1.807, 2.05) is 7.05 Å². The van der Waals surface area contributed by atoms with Gasteiger partial charge in [-0.25, -0.2) is 0 Å². The van der Waals surface area contributed by atoms with Gasteiger partial charge in [-0.05, 0) is 25.3 Å². The van der Waals surface area contributed by atoms with Gasteiger partial charge in [0, 0.05) is 19.8 Å². The van der Waals surface area contributed by atoms with Crippen LogP contribution in [0.2, 0.25) is 0 Å². The topological polar surface area (TPSA) is 21.3 Å². The summed E-state index contributed by atoms with van der Waals surface area (Å²) in [5.41, 5.74) is 0. The standard InChI is InChI=1S/C10H23NO/c1-8(2)10(11-4)9(3)6-7-12-5/h8-11H,6-7H2,1-5H3. The van der Waals surface area contributed by atoms with E-state index < -0.39 is 0 Å². The Morgan fingerprint density at radius 3 is 2.17 bits per heavy atom. The van der Waals surface area contributed by atoms with Crippen molar-refractivity contribution in [3.63, 3.8) is 0 Å². The van der Waals surface area contributed by atoms with E-state index in [0.717, 1.165) is 13.0 Å². The maximum Gasteiger partial charge on any atom is 0.0465 e. The first kappa shape index (κ1) is 11.9. The number of hydrogen-bond acceptors (Lipinski definition) is 2. The zero-order valence-electron chi connectivity index (χ0n) is 9.05. The highest BCUT2D eigenvalue weighted by molar-refractivity contribution is 4.74. The van der Waals surface area contributed by atoms with Crippen LogP contribution in [0.1, 0.15) is 27.2 Å². The minimum atomic E-state index is 0.611. The highest BCUT2D eigenvalue weighted by atomic mass is 16.5. The molecule has 2 atom stereocenters. The predicted octanol–water partition coefficient (Wildman–Crippen LogP) is 1.90. The molecule has 74 valence electrons. The van der Waals surface area contributed by atoms with Crippen molar-refractivity contribution in [3.8, 4) is 0 Å². The van der Waals surface area contributed by atoms with E-state index in [0.29, 0.717) is 17.9 Å². The van der Waals surface area contributed by atoms with Crippen molar-refractivity contribution in [1.29, 1.82) is 0 Å². The van der Waals surface area contributed by atoms with Crippen LogP contribution in [0.5, 0.6) is 0 Å². The van der Waals surface area contributed by atoms with Gasteiger partial charge < -0.3 is 10.1 Å². The highest BCUT2D eigenvalue weighted by Gasteiger charge is 2.17. The fourth-order valence-corrected chi connectivity index (χ4v) is 1.76. The molecule has 0 aromatic rings. The normalized spacial score (nSPS) is 16.5. The van der Waals surface area contributed by atoms with Gasteiger partial charge in [0.15, 0.2) is 0 Å². The number of nitrogens with one attached hydrogen (secondary N) is 1. The zero-order chi connectivity index (χ0) is 9.56. The fourth-order valence-electron chi connectivity index (χ4n) is 1.76. The Hall–Kier alpha value is -0.0800. The molecule has 1 N–H and O–H groups in total. The minimum absolute atomic E-state index is 0.611. The van der Waals surface area contributed by atoms with Gasteiger partial charge in [-0.15, -0.1) is 0 Å². The smallest absolute Gasteiger partial charge is 0.0465 e. The van der Waals surface area contributed by atoms with Crippen molar-refractivity contribution in [3.05, 3.63) is 0 Å². The van der Waals surface area contributed by atoms with Crippen LogP contribution in [0.25, 0.3) is 0 Å². The molecule has 0 heterocycles. The monoisotopic (exact) mass is 173 g/mol. The summed E-state index contributed by atoms with van der Waals surface area (Å²) in [7, 11) is 3.80. The first-order valence-corrected chi connectivity index (χ1v) is 4.79. The summed E-state index contributed by atoms with van der Waals surface area (Å²) in [6.45, 7) is 7.65. The maximum absolute atomic E-state index is 5.06. The van der Waals surface area contributed by atoms with Gasteiger partial charge in [-0.2, -0.15) is 0 Å². The van der Waals surface area contributed by atoms with E-state index in [-0.39, 0.29) is 0 Å². The van der Waals surface area contributed by atoms with Crippen molar-refractivity contribution < 1.29 is 4.74 Å². The van der Waals surface area contributed by atoms with Gasteiger partial charge in [0.25, 0.3) is 0 Å². The van der Waals surface area contributed by atoms with Crippen LogP contribution in [-0.2, 0) is 4.74 Å². The van der Waals surface area contributed by atoms with Crippen molar-refractivity contribution >= 4 is 0 Å². The van der Waals surface area contributed by atoms with Gasteiger partial charge >= 0.3 is 0 Å². The Balaban J connectivity index is 3.77. The molecular formula is C10H23NO.